The zero-order chi connectivity index (χ0) is 26.7. The number of rotatable bonds is 15. The molecule has 4 unspecified atom stereocenters. The van der Waals surface area contributed by atoms with Crippen LogP contribution in [-0.4, -0.2) is 79.9 Å². The molecule has 35 heavy (non-hydrogen) atoms. The van der Waals surface area contributed by atoms with Crippen molar-refractivity contribution in [2.45, 2.75) is 63.7 Å². The van der Waals surface area contributed by atoms with Crippen LogP contribution in [0.25, 0.3) is 0 Å². The maximum absolute atomic E-state index is 13.0. The molecule has 0 radical (unpaired) electrons. The van der Waals surface area contributed by atoms with Crippen molar-refractivity contribution in [3.8, 4) is 0 Å². The molecular weight excluding hydrogens is 466 g/mol. The van der Waals surface area contributed by atoms with Crippen molar-refractivity contribution in [3.63, 3.8) is 0 Å². The van der Waals surface area contributed by atoms with Gasteiger partial charge in [-0.3, -0.25) is 24.0 Å². The molecule has 0 spiro atoms. The van der Waals surface area contributed by atoms with Crippen LogP contribution in [0.3, 0.4) is 0 Å². The first-order valence-electron chi connectivity index (χ1n) is 10.7. The lowest BCUT2D eigenvalue weighted by Gasteiger charge is -2.26. The number of aromatic nitrogens is 2. The van der Waals surface area contributed by atoms with Crippen molar-refractivity contribution in [3.05, 3.63) is 18.2 Å². The Labute approximate surface area is 200 Å². The van der Waals surface area contributed by atoms with Gasteiger partial charge in [0.1, 0.15) is 18.1 Å². The molecule has 0 bridgehead atoms. The summed E-state index contributed by atoms with van der Waals surface area (Å²) in [5, 5.41) is 25.3. The third kappa shape index (κ3) is 10.2. The summed E-state index contributed by atoms with van der Waals surface area (Å²) >= 11 is 0. The Hall–Kier alpha value is -4.01. The van der Waals surface area contributed by atoms with Gasteiger partial charge in [0.2, 0.25) is 23.6 Å². The number of carboxylic acid groups (broad SMARTS) is 2. The van der Waals surface area contributed by atoms with Crippen LogP contribution in [0.4, 0.5) is 0 Å². The molecule has 0 saturated heterocycles. The zero-order valence-corrected chi connectivity index (χ0v) is 19.3. The SMILES string of the molecule is CC(C)C(NC(=O)C(N)CC(=O)O)C(=O)NC(Cc1cnc[nH]1)C(=O)NC(CCC(N)=O)C(=O)O. The van der Waals surface area contributed by atoms with Crippen LogP contribution in [0.15, 0.2) is 12.5 Å². The molecule has 15 nitrogen and oxygen atoms in total. The van der Waals surface area contributed by atoms with Crippen LogP contribution in [-0.2, 0) is 35.2 Å². The number of carbonyl (C=O) groups excluding carboxylic acids is 4. The van der Waals surface area contributed by atoms with Crippen molar-refractivity contribution in [2.24, 2.45) is 17.4 Å². The largest absolute Gasteiger partial charge is 0.481 e. The van der Waals surface area contributed by atoms with Gasteiger partial charge in [-0.25, -0.2) is 9.78 Å². The fourth-order valence-electron chi connectivity index (χ4n) is 2.98. The second-order valence-corrected chi connectivity index (χ2v) is 8.18. The van der Waals surface area contributed by atoms with Crippen molar-refractivity contribution in [1.29, 1.82) is 0 Å². The minimum atomic E-state index is -1.44. The van der Waals surface area contributed by atoms with Gasteiger partial charge in [0, 0.05) is 24.7 Å². The molecular formula is C20H31N7O8. The summed E-state index contributed by atoms with van der Waals surface area (Å²) in [6.07, 6.45) is 1.46. The molecule has 1 aromatic heterocycles. The van der Waals surface area contributed by atoms with Gasteiger partial charge in [0.05, 0.1) is 18.8 Å². The maximum atomic E-state index is 13.0. The van der Waals surface area contributed by atoms with Crippen LogP contribution >= 0.6 is 0 Å². The van der Waals surface area contributed by atoms with Gasteiger partial charge >= 0.3 is 11.9 Å². The summed E-state index contributed by atoms with van der Waals surface area (Å²) in [6.45, 7) is 3.23. The first kappa shape index (κ1) is 29.0. The number of primary amides is 1. The minimum Gasteiger partial charge on any atom is -0.481 e. The van der Waals surface area contributed by atoms with E-state index in [0.717, 1.165) is 0 Å². The Balaban J connectivity index is 3.03. The van der Waals surface area contributed by atoms with E-state index in [1.807, 2.05) is 0 Å². The van der Waals surface area contributed by atoms with Gasteiger partial charge < -0.3 is 42.6 Å². The van der Waals surface area contributed by atoms with E-state index in [4.69, 9.17) is 16.6 Å². The molecule has 15 heteroatoms. The summed E-state index contributed by atoms with van der Waals surface area (Å²) in [5.41, 5.74) is 11.0. The molecule has 4 amide bonds. The number of nitrogens with two attached hydrogens (primary N) is 2. The van der Waals surface area contributed by atoms with Gasteiger partial charge in [-0.15, -0.1) is 0 Å². The fraction of sp³-hybridized carbons (Fsp3) is 0.550. The Bertz CT molecular complexity index is 919. The molecule has 10 N–H and O–H groups in total. The van der Waals surface area contributed by atoms with E-state index >= 15 is 0 Å². The molecule has 0 saturated carbocycles. The number of nitrogens with one attached hydrogen (secondary N) is 4. The molecule has 1 aromatic rings. The Kier molecular flexibility index (Phi) is 11.3. The quantitative estimate of drug-likeness (QED) is 0.123. The highest BCUT2D eigenvalue weighted by Gasteiger charge is 2.32. The summed E-state index contributed by atoms with van der Waals surface area (Å²) in [4.78, 5) is 78.0. The van der Waals surface area contributed by atoms with E-state index < -0.39 is 72.1 Å². The van der Waals surface area contributed by atoms with Gasteiger partial charge in [0.25, 0.3) is 0 Å². The maximum Gasteiger partial charge on any atom is 0.326 e. The third-order valence-electron chi connectivity index (χ3n) is 4.88. The van der Waals surface area contributed by atoms with Crippen molar-refractivity contribution in [1.82, 2.24) is 25.9 Å². The number of aliphatic carboxylic acids is 2. The van der Waals surface area contributed by atoms with Gasteiger partial charge in [-0.2, -0.15) is 0 Å². The molecule has 0 aromatic carbocycles. The average molecular weight is 498 g/mol. The topological polar surface area (TPSA) is 260 Å². The van der Waals surface area contributed by atoms with E-state index in [-0.39, 0.29) is 19.3 Å². The highest BCUT2D eigenvalue weighted by molar-refractivity contribution is 5.95. The summed E-state index contributed by atoms with van der Waals surface area (Å²) in [5.74, 6) is -6.42. The number of amides is 4. The molecule has 0 aliphatic heterocycles. The number of aromatic amines is 1. The van der Waals surface area contributed by atoms with E-state index in [0.29, 0.717) is 5.69 Å². The van der Waals surface area contributed by atoms with Crippen molar-refractivity contribution < 1.29 is 39.0 Å². The third-order valence-corrected chi connectivity index (χ3v) is 4.88. The number of imidazole rings is 1. The second-order valence-electron chi connectivity index (χ2n) is 8.18. The first-order chi connectivity index (χ1) is 16.3. The van der Waals surface area contributed by atoms with Crippen LogP contribution in [0, 0.1) is 5.92 Å². The second kappa shape index (κ2) is 13.6. The van der Waals surface area contributed by atoms with Crippen LogP contribution in [0.1, 0.15) is 38.8 Å². The van der Waals surface area contributed by atoms with E-state index in [2.05, 4.69) is 25.9 Å². The highest BCUT2D eigenvalue weighted by atomic mass is 16.4. The first-order valence-corrected chi connectivity index (χ1v) is 10.7. The standard InChI is InChI=1S/C20H31N7O8/c1-9(2)16(27-17(31)11(21)6-15(29)30)19(33)26-13(5-10-7-23-8-24-10)18(32)25-12(20(34)35)3-4-14(22)28/h7-9,11-13,16H,3-6,21H2,1-2H3,(H2,22,28)(H,23,24)(H,25,32)(H,26,33)(H,27,31)(H,29,30)(H,34,35). The summed E-state index contributed by atoms with van der Waals surface area (Å²) in [7, 11) is 0. The van der Waals surface area contributed by atoms with Crippen LogP contribution in [0.5, 0.6) is 0 Å². The molecule has 1 rings (SSSR count). The smallest absolute Gasteiger partial charge is 0.326 e. The minimum absolute atomic E-state index is 0.100. The predicted octanol–water partition coefficient (Wildman–Crippen LogP) is -2.79. The lowest BCUT2D eigenvalue weighted by atomic mass is 10.0. The van der Waals surface area contributed by atoms with E-state index in [1.54, 1.807) is 13.8 Å². The van der Waals surface area contributed by atoms with Gasteiger partial charge in [-0.1, -0.05) is 13.8 Å². The molecule has 4 atom stereocenters. The number of hydrogen-bond donors (Lipinski definition) is 8. The molecule has 0 aliphatic carbocycles. The predicted molar refractivity (Wildman–Crippen MR) is 119 cm³/mol. The van der Waals surface area contributed by atoms with Crippen molar-refractivity contribution in [2.75, 3.05) is 0 Å². The number of nitrogens with zero attached hydrogens (tertiary/aromatic N) is 1. The number of carboxylic acids is 2. The zero-order valence-electron chi connectivity index (χ0n) is 19.3. The number of H-pyrrole nitrogens is 1. The van der Waals surface area contributed by atoms with Crippen LogP contribution < -0.4 is 27.4 Å². The fourth-order valence-corrected chi connectivity index (χ4v) is 2.98. The monoisotopic (exact) mass is 497 g/mol. The Morgan fingerprint density at radius 1 is 1.00 bits per heavy atom. The molecule has 0 aliphatic rings. The Morgan fingerprint density at radius 3 is 2.11 bits per heavy atom. The van der Waals surface area contributed by atoms with E-state index in [1.165, 1.54) is 12.5 Å². The number of carbonyl (C=O) groups is 6. The van der Waals surface area contributed by atoms with E-state index in [9.17, 15) is 33.9 Å². The normalized spacial score (nSPS) is 14.3. The Morgan fingerprint density at radius 2 is 1.63 bits per heavy atom. The van der Waals surface area contributed by atoms with Crippen LogP contribution in [0.2, 0.25) is 0 Å². The number of hydrogen-bond acceptors (Lipinski definition) is 8. The average Bonchev–Trinajstić information content (AvgIpc) is 3.25. The van der Waals surface area contributed by atoms with Gasteiger partial charge in [-0.05, 0) is 12.3 Å². The van der Waals surface area contributed by atoms with Gasteiger partial charge in [0.15, 0.2) is 0 Å². The lowest BCUT2D eigenvalue weighted by molar-refractivity contribution is -0.142. The summed E-state index contributed by atoms with van der Waals surface area (Å²) in [6, 6.07) is -5.30. The molecule has 1 heterocycles. The summed E-state index contributed by atoms with van der Waals surface area (Å²) < 4.78 is 0. The molecule has 0 fully saturated rings. The van der Waals surface area contributed by atoms with Crippen molar-refractivity contribution >= 4 is 35.6 Å². The highest BCUT2D eigenvalue weighted by Crippen LogP contribution is 2.07. The molecule has 194 valence electrons. The lowest BCUT2D eigenvalue weighted by Crippen LogP contribution is -2.59.